The minimum absolute atomic E-state index is 0.135. The standard InChI is InChI=1S/C16H15ClF2N2S/c17-13-3-1-11(2-4-13)7-8-20-16(22)21-10-12-9-14(18)5-6-15(12)19/h1-6,9H,7-8,10H2,(H2,20,21,22). The van der Waals surface area contributed by atoms with E-state index in [0.29, 0.717) is 16.7 Å². The molecule has 0 bridgehead atoms. The number of nitrogens with one attached hydrogen (secondary N) is 2. The minimum atomic E-state index is -0.472. The van der Waals surface area contributed by atoms with Gasteiger partial charge in [0.15, 0.2) is 5.11 Å². The first-order chi connectivity index (χ1) is 10.5. The van der Waals surface area contributed by atoms with E-state index < -0.39 is 11.6 Å². The van der Waals surface area contributed by atoms with E-state index in [0.717, 1.165) is 30.2 Å². The Morgan fingerprint density at radius 1 is 1.05 bits per heavy atom. The van der Waals surface area contributed by atoms with Crippen LogP contribution in [0.3, 0.4) is 0 Å². The summed E-state index contributed by atoms with van der Waals surface area (Å²) in [6.45, 7) is 0.773. The van der Waals surface area contributed by atoms with Gasteiger partial charge in [-0.2, -0.15) is 0 Å². The molecular formula is C16H15ClF2N2S. The molecule has 0 fully saturated rings. The van der Waals surface area contributed by atoms with Crippen molar-refractivity contribution in [2.24, 2.45) is 0 Å². The maximum Gasteiger partial charge on any atom is 0.166 e. The Morgan fingerprint density at radius 3 is 2.50 bits per heavy atom. The molecule has 0 aliphatic heterocycles. The summed E-state index contributed by atoms with van der Waals surface area (Å²) < 4.78 is 26.5. The van der Waals surface area contributed by atoms with Crippen LogP contribution in [0.5, 0.6) is 0 Å². The van der Waals surface area contributed by atoms with Crippen LogP contribution < -0.4 is 10.6 Å². The molecule has 0 amide bonds. The summed E-state index contributed by atoms with van der Waals surface area (Å²) in [5.41, 5.74) is 1.37. The number of hydrogen-bond donors (Lipinski definition) is 2. The van der Waals surface area contributed by atoms with Crippen molar-refractivity contribution in [3.63, 3.8) is 0 Å². The van der Waals surface area contributed by atoms with Crippen molar-refractivity contribution in [2.75, 3.05) is 6.54 Å². The summed E-state index contributed by atoms with van der Waals surface area (Å²) in [7, 11) is 0. The van der Waals surface area contributed by atoms with Gasteiger partial charge in [0.25, 0.3) is 0 Å². The molecule has 0 unspecified atom stereocenters. The predicted molar refractivity (Wildman–Crippen MR) is 89.0 cm³/mol. The normalized spacial score (nSPS) is 10.3. The fourth-order valence-corrected chi connectivity index (χ4v) is 2.19. The number of hydrogen-bond acceptors (Lipinski definition) is 1. The van der Waals surface area contributed by atoms with Crippen LogP contribution in [-0.2, 0) is 13.0 Å². The first kappa shape index (κ1) is 16.6. The fraction of sp³-hybridized carbons (Fsp3) is 0.188. The van der Waals surface area contributed by atoms with Crippen molar-refractivity contribution >= 4 is 28.9 Å². The van der Waals surface area contributed by atoms with E-state index in [1.165, 1.54) is 0 Å². The molecule has 6 heteroatoms. The molecule has 0 saturated carbocycles. The van der Waals surface area contributed by atoms with E-state index in [2.05, 4.69) is 10.6 Å². The molecule has 22 heavy (non-hydrogen) atoms. The summed E-state index contributed by atoms with van der Waals surface area (Å²) in [5, 5.41) is 6.98. The molecule has 0 saturated heterocycles. The molecule has 2 N–H and O–H groups in total. The third kappa shape index (κ3) is 5.24. The zero-order valence-corrected chi connectivity index (χ0v) is 13.3. The highest BCUT2D eigenvalue weighted by atomic mass is 35.5. The predicted octanol–water partition coefficient (Wildman–Crippen LogP) is 3.83. The lowest BCUT2D eigenvalue weighted by Crippen LogP contribution is -2.36. The zero-order valence-electron chi connectivity index (χ0n) is 11.7. The SMILES string of the molecule is Fc1ccc(F)c(CNC(=S)NCCc2ccc(Cl)cc2)c1. The lowest BCUT2D eigenvalue weighted by atomic mass is 10.1. The third-order valence-electron chi connectivity index (χ3n) is 3.06. The van der Waals surface area contributed by atoms with Crippen molar-refractivity contribution in [1.82, 2.24) is 10.6 Å². The molecule has 2 nitrogen and oxygen atoms in total. The van der Waals surface area contributed by atoms with E-state index in [1.54, 1.807) is 0 Å². The van der Waals surface area contributed by atoms with Crippen molar-refractivity contribution in [3.8, 4) is 0 Å². The highest BCUT2D eigenvalue weighted by Crippen LogP contribution is 2.10. The number of rotatable bonds is 5. The van der Waals surface area contributed by atoms with E-state index in [1.807, 2.05) is 24.3 Å². The molecule has 0 heterocycles. The first-order valence-electron chi connectivity index (χ1n) is 6.74. The molecular weight excluding hydrogens is 326 g/mol. The summed E-state index contributed by atoms with van der Waals surface area (Å²) in [5.74, 6) is -0.933. The molecule has 0 radical (unpaired) electrons. The van der Waals surface area contributed by atoms with Crippen LogP contribution in [-0.4, -0.2) is 11.7 Å². The van der Waals surface area contributed by atoms with Gasteiger partial charge >= 0.3 is 0 Å². The lowest BCUT2D eigenvalue weighted by molar-refractivity contribution is 0.581. The van der Waals surface area contributed by atoms with Crippen LogP contribution in [0, 0.1) is 11.6 Å². The van der Waals surface area contributed by atoms with Crippen LogP contribution in [0.2, 0.25) is 5.02 Å². The molecule has 2 rings (SSSR count). The molecule has 0 spiro atoms. The maximum absolute atomic E-state index is 13.4. The second-order valence-electron chi connectivity index (χ2n) is 4.72. The lowest BCUT2D eigenvalue weighted by Gasteiger charge is -2.11. The number of halogens is 3. The Hall–Kier alpha value is -1.72. The topological polar surface area (TPSA) is 24.1 Å². The van der Waals surface area contributed by atoms with Gasteiger partial charge < -0.3 is 10.6 Å². The van der Waals surface area contributed by atoms with Crippen LogP contribution in [0.1, 0.15) is 11.1 Å². The van der Waals surface area contributed by atoms with E-state index in [-0.39, 0.29) is 12.1 Å². The van der Waals surface area contributed by atoms with Gasteiger partial charge in [-0.05, 0) is 54.5 Å². The van der Waals surface area contributed by atoms with Gasteiger partial charge in [-0.3, -0.25) is 0 Å². The molecule has 2 aromatic carbocycles. The van der Waals surface area contributed by atoms with Crippen LogP contribution >= 0.6 is 23.8 Å². The largest absolute Gasteiger partial charge is 0.362 e. The fourth-order valence-electron chi connectivity index (χ4n) is 1.89. The Morgan fingerprint density at radius 2 is 1.77 bits per heavy atom. The zero-order chi connectivity index (χ0) is 15.9. The van der Waals surface area contributed by atoms with Crippen LogP contribution in [0.15, 0.2) is 42.5 Å². The van der Waals surface area contributed by atoms with Crippen molar-refractivity contribution < 1.29 is 8.78 Å². The van der Waals surface area contributed by atoms with E-state index >= 15 is 0 Å². The second-order valence-corrected chi connectivity index (χ2v) is 5.57. The van der Waals surface area contributed by atoms with Crippen molar-refractivity contribution in [1.29, 1.82) is 0 Å². The van der Waals surface area contributed by atoms with Crippen LogP contribution in [0.25, 0.3) is 0 Å². The summed E-state index contributed by atoms with van der Waals surface area (Å²) in [4.78, 5) is 0. The van der Waals surface area contributed by atoms with Crippen LogP contribution in [0.4, 0.5) is 8.78 Å². The smallest absolute Gasteiger partial charge is 0.166 e. The van der Waals surface area contributed by atoms with Gasteiger partial charge in [-0.1, -0.05) is 23.7 Å². The quantitative estimate of drug-likeness (QED) is 0.809. The Labute approximate surface area is 138 Å². The van der Waals surface area contributed by atoms with Gasteiger partial charge in [0.05, 0.1) is 0 Å². The molecule has 0 aliphatic carbocycles. The number of thiocarbonyl (C=S) groups is 1. The third-order valence-corrected chi connectivity index (χ3v) is 3.60. The van der Waals surface area contributed by atoms with E-state index in [4.69, 9.17) is 23.8 Å². The van der Waals surface area contributed by atoms with Gasteiger partial charge in [-0.15, -0.1) is 0 Å². The summed E-state index contributed by atoms with van der Waals surface area (Å²) >= 11 is 10.9. The highest BCUT2D eigenvalue weighted by molar-refractivity contribution is 7.80. The Kier molecular flexibility index (Phi) is 6.10. The van der Waals surface area contributed by atoms with Gasteiger partial charge in [-0.25, -0.2) is 8.78 Å². The molecule has 2 aromatic rings. The van der Waals surface area contributed by atoms with Gasteiger partial charge in [0, 0.05) is 23.7 Å². The first-order valence-corrected chi connectivity index (χ1v) is 7.53. The Balaban J connectivity index is 1.74. The second kappa shape index (κ2) is 8.06. The monoisotopic (exact) mass is 340 g/mol. The molecule has 0 aromatic heterocycles. The Bertz CT molecular complexity index is 647. The van der Waals surface area contributed by atoms with Crippen molar-refractivity contribution in [2.45, 2.75) is 13.0 Å². The molecule has 0 aliphatic rings. The van der Waals surface area contributed by atoms with Gasteiger partial charge in [0.2, 0.25) is 0 Å². The minimum Gasteiger partial charge on any atom is -0.362 e. The van der Waals surface area contributed by atoms with Crippen molar-refractivity contribution in [3.05, 3.63) is 70.2 Å². The average molecular weight is 341 g/mol. The average Bonchev–Trinajstić information content (AvgIpc) is 2.50. The maximum atomic E-state index is 13.4. The summed E-state index contributed by atoms with van der Waals surface area (Å²) in [6, 6.07) is 10.9. The van der Waals surface area contributed by atoms with E-state index in [9.17, 15) is 8.78 Å². The summed E-state index contributed by atoms with van der Waals surface area (Å²) in [6.07, 6.45) is 0.785. The molecule has 116 valence electrons. The van der Waals surface area contributed by atoms with Gasteiger partial charge in [0.1, 0.15) is 11.6 Å². The number of benzene rings is 2. The highest BCUT2D eigenvalue weighted by Gasteiger charge is 2.04. The molecule has 0 atom stereocenters.